The number of urea groups is 1. The highest BCUT2D eigenvalue weighted by molar-refractivity contribution is 5.74. The van der Waals surface area contributed by atoms with Gasteiger partial charge in [-0.1, -0.05) is 12.8 Å². The number of nitrogens with zero attached hydrogens (tertiary/aromatic N) is 1. The summed E-state index contributed by atoms with van der Waals surface area (Å²) in [5.74, 6) is 0.880. The Morgan fingerprint density at radius 3 is 2.62 bits per heavy atom. The Kier molecular flexibility index (Phi) is 4.69. The lowest BCUT2D eigenvalue weighted by Crippen LogP contribution is -2.52. The van der Waals surface area contributed by atoms with Crippen molar-refractivity contribution in [1.82, 2.24) is 15.5 Å². The molecule has 1 atom stereocenters. The van der Waals surface area contributed by atoms with Crippen molar-refractivity contribution in [1.29, 1.82) is 0 Å². The van der Waals surface area contributed by atoms with Gasteiger partial charge in [-0.2, -0.15) is 0 Å². The molecule has 3 fully saturated rings. The maximum absolute atomic E-state index is 11.9. The zero-order chi connectivity index (χ0) is 14.7. The summed E-state index contributed by atoms with van der Waals surface area (Å²) in [5.41, 5.74) is -0.637. The minimum atomic E-state index is -0.637. The van der Waals surface area contributed by atoms with Crippen LogP contribution in [0, 0.1) is 5.92 Å². The molecule has 5 nitrogen and oxygen atoms in total. The van der Waals surface area contributed by atoms with Crippen LogP contribution in [0.5, 0.6) is 0 Å². The number of aliphatic hydroxyl groups is 1. The molecule has 3 N–H and O–H groups in total. The molecule has 2 amide bonds. The standard InChI is InChI=1S/C16H29N3O2/c20-15(17-12-16(21)7-3-8-16)18-14-6-9-19(11-14)10-13-4-1-2-5-13/h13-14,21H,1-12H2,(H2,17,18,20). The van der Waals surface area contributed by atoms with Crippen LogP contribution in [0.1, 0.15) is 51.4 Å². The summed E-state index contributed by atoms with van der Waals surface area (Å²) in [6.07, 6.45) is 9.29. The van der Waals surface area contributed by atoms with Gasteiger partial charge >= 0.3 is 6.03 Å². The summed E-state index contributed by atoms with van der Waals surface area (Å²) in [6.45, 7) is 3.68. The van der Waals surface area contributed by atoms with Crippen LogP contribution in [-0.4, -0.2) is 53.9 Å². The van der Waals surface area contributed by atoms with Gasteiger partial charge in [0.25, 0.3) is 0 Å². The van der Waals surface area contributed by atoms with Crippen LogP contribution in [0.3, 0.4) is 0 Å². The highest BCUT2D eigenvalue weighted by Gasteiger charge is 2.35. The molecule has 5 heteroatoms. The van der Waals surface area contributed by atoms with Crippen molar-refractivity contribution in [3.63, 3.8) is 0 Å². The largest absolute Gasteiger partial charge is 0.388 e. The van der Waals surface area contributed by atoms with E-state index in [0.29, 0.717) is 6.54 Å². The number of likely N-dealkylation sites (tertiary alicyclic amines) is 1. The molecule has 2 saturated carbocycles. The van der Waals surface area contributed by atoms with E-state index < -0.39 is 5.60 Å². The first kappa shape index (κ1) is 15.1. The zero-order valence-corrected chi connectivity index (χ0v) is 12.9. The molecule has 0 bridgehead atoms. The van der Waals surface area contributed by atoms with Gasteiger partial charge in [0.15, 0.2) is 0 Å². The third-order valence-electron chi connectivity index (χ3n) is 5.46. The van der Waals surface area contributed by atoms with E-state index in [0.717, 1.165) is 44.7 Å². The highest BCUT2D eigenvalue weighted by Crippen LogP contribution is 2.30. The molecule has 21 heavy (non-hydrogen) atoms. The van der Waals surface area contributed by atoms with E-state index in [1.807, 2.05) is 0 Å². The van der Waals surface area contributed by atoms with Crippen LogP contribution >= 0.6 is 0 Å². The van der Waals surface area contributed by atoms with Crippen molar-refractivity contribution in [3.8, 4) is 0 Å². The van der Waals surface area contributed by atoms with Crippen molar-refractivity contribution in [2.75, 3.05) is 26.2 Å². The molecule has 1 saturated heterocycles. The quantitative estimate of drug-likeness (QED) is 0.719. The van der Waals surface area contributed by atoms with E-state index in [4.69, 9.17) is 0 Å². The molecule has 3 rings (SSSR count). The SMILES string of the molecule is O=C(NCC1(O)CCC1)NC1CCN(CC2CCCC2)C1. The number of hydrogen-bond donors (Lipinski definition) is 3. The average Bonchev–Trinajstić information content (AvgIpc) is 3.07. The van der Waals surface area contributed by atoms with E-state index in [1.165, 1.54) is 32.2 Å². The molecule has 1 unspecified atom stereocenters. The molecule has 0 aromatic heterocycles. The van der Waals surface area contributed by atoms with Gasteiger partial charge in [0.2, 0.25) is 0 Å². The number of rotatable bonds is 5. The minimum absolute atomic E-state index is 0.122. The Morgan fingerprint density at radius 1 is 1.19 bits per heavy atom. The molecule has 120 valence electrons. The smallest absolute Gasteiger partial charge is 0.315 e. The Morgan fingerprint density at radius 2 is 1.95 bits per heavy atom. The predicted octanol–water partition coefficient (Wildman–Crippen LogP) is 1.47. The first-order valence-electron chi connectivity index (χ1n) is 8.62. The van der Waals surface area contributed by atoms with Crippen molar-refractivity contribution >= 4 is 6.03 Å². The van der Waals surface area contributed by atoms with Crippen LogP contribution in [-0.2, 0) is 0 Å². The normalized spacial score (nSPS) is 29.3. The second kappa shape index (κ2) is 6.53. The lowest BCUT2D eigenvalue weighted by Gasteiger charge is -2.36. The topological polar surface area (TPSA) is 64.6 Å². The molecule has 0 aromatic rings. The summed E-state index contributed by atoms with van der Waals surface area (Å²) in [7, 11) is 0. The fourth-order valence-corrected chi connectivity index (χ4v) is 3.92. The number of hydrogen-bond acceptors (Lipinski definition) is 3. The van der Waals surface area contributed by atoms with Crippen LogP contribution in [0.25, 0.3) is 0 Å². The van der Waals surface area contributed by atoms with E-state index in [1.54, 1.807) is 0 Å². The van der Waals surface area contributed by atoms with E-state index in [-0.39, 0.29) is 12.1 Å². The van der Waals surface area contributed by atoms with Gasteiger partial charge in [0, 0.05) is 32.2 Å². The number of amides is 2. The number of nitrogens with one attached hydrogen (secondary N) is 2. The third kappa shape index (κ3) is 4.10. The molecule has 0 aromatic carbocycles. The first-order valence-corrected chi connectivity index (χ1v) is 8.62. The fourth-order valence-electron chi connectivity index (χ4n) is 3.92. The van der Waals surface area contributed by atoms with Gasteiger partial charge < -0.3 is 20.6 Å². The van der Waals surface area contributed by atoms with E-state index in [2.05, 4.69) is 15.5 Å². The Balaban J connectivity index is 1.33. The van der Waals surface area contributed by atoms with E-state index >= 15 is 0 Å². The fraction of sp³-hybridized carbons (Fsp3) is 0.938. The van der Waals surface area contributed by atoms with E-state index in [9.17, 15) is 9.90 Å². The van der Waals surface area contributed by atoms with Gasteiger partial charge in [-0.25, -0.2) is 4.79 Å². The first-order chi connectivity index (χ1) is 10.1. The van der Waals surface area contributed by atoms with Crippen LogP contribution in [0.2, 0.25) is 0 Å². The van der Waals surface area contributed by atoms with Crippen molar-refractivity contribution in [2.45, 2.75) is 63.0 Å². The van der Waals surface area contributed by atoms with Gasteiger partial charge in [-0.15, -0.1) is 0 Å². The average molecular weight is 295 g/mol. The summed E-state index contributed by atoms with van der Waals surface area (Å²) in [6, 6.07) is 0.144. The molecule has 1 heterocycles. The van der Waals surface area contributed by atoms with Crippen LogP contribution < -0.4 is 10.6 Å². The van der Waals surface area contributed by atoms with Gasteiger partial charge in [-0.05, 0) is 44.4 Å². The summed E-state index contributed by atoms with van der Waals surface area (Å²) < 4.78 is 0. The van der Waals surface area contributed by atoms with Gasteiger partial charge in [-0.3, -0.25) is 0 Å². The molecule has 0 radical (unpaired) electrons. The van der Waals surface area contributed by atoms with Crippen molar-refractivity contribution in [3.05, 3.63) is 0 Å². The second-order valence-corrected chi connectivity index (χ2v) is 7.30. The van der Waals surface area contributed by atoms with Gasteiger partial charge in [0.05, 0.1) is 5.60 Å². The number of carbonyl (C=O) groups is 1. The van der Waals surface area contributed by atoms with Crippen LogP contribution in [0.4, 0.5) is 4.79 Å². The molecule has 3 aliphatic rings. The van der Waals surface area contributed by atoms with Gasteiger partial charge in [0.1, 0.15) is 0 Å². The maximum Gasteiger partial charge on any atom is 0.315 e. The highest BCUT2D eigenvalue weighted by atomic mass is 16.3. The lowest BCUT2D eigenvalue weighted by atomic mass is 9.80. The second-order valence-electron chi connectivity index (χ2n) is 7.30. The summed E-state index contributed by atoms with van der Waals surface area (Å²) in [5, 5.41) is 15.8. The Hall–Kier alpha value is -0.810. The number of carbonyl (C=O) groups excluding carboxylic acids is 1. The monoisotopic (exact) mass is 295 g/mol. The summed E-state index contributed by atoms with van der Waals surface area (Å²) >= 11 is 0. The molecule has 1 aliphatic heterocycles. The maximum atomic E-state index is 11.9. The molecule has 0 spiro atoms. The summed E-state index contributed by atoms with van der Waals surface area (Å²) in [4.78, 5) is 14.4. The van der Waals surface area contributed by atoms with Crippen molar-refractivity contribution in [2.24, 2.45) is 5.92 Å². The van der Waals surface area contributed by atoms with Crippen molar-refractivity contribution < 1.29 is 9.90 Å². The lowest BCUT2D eigenvalue weighted by molar-refractivity contribution is -0.0290. The Labute approximate surface area is 127 Å². The predicted molar refractivity (Wildman–Crippen MR) is 82.1 cm³/mol. The van der Waals surface area contributed by atoms with Crippen LogP contribution in [0.15, 0.2) is 0 Å². The third-order valence-corrected chi connectivity index (χ3v) is 5.46. The molecule has 2 aliphatic carbocycles. The molecular weight excluding hydrogens is 266 g/mol. The zero-order valence-electron chi connectivity index (χ0n) is 12.9. The minimum Gasteiger partial charge on any atom is -0.388 e. The Bertz CT molecular complexity index is 365. The molecular formula is C16H29N3O2.